The molecule has 74 valence electrons. The lowest BCUT2D eigenvalue weighted by molar-refractivity contribution is 0.536. The standard InChI is InChI=1S/C9H13FN2.ClH/c1-6(12)9(10)8-4-2-3-7(8)5-11;/h6-7H,2-4,12H2,1H3;1H/b9-8-;/t6?,7-;/m1./s1. The predicted octanol–water partition coefficient (Wildman–Crippen LogP) is 2.30. The Morgan fingerprint density at radius 3 is 2.85 bits per heavy atom. The van der Waals surface area contributed by atoms with Crippen LogP contribution in [0.4, 0.5) is 4.39 Å². The topological polar surface area (TPSA) is 49.8 Å². The molecule has 2 nitrogen and oxygen atoms in total. The van der Waals surface area contributed by atoms with Crippen molar-refractivity contribution in [2.45, 2.75) is 32.2 Å². The van der Waals surface area contributed by atoms with E-state index < -0.39 is 6.04 Å². The molecule has 0 heterocycles. The van der Waals surface area contributed by atoms with Crippen LogP contribution in [0.15, 0.2) is 11.4 Å². The van der Waals surface area contributed by atoms with Crippen LogP contribution in [0, 0.1) is 17.2 Å². The molecule has 0 aliphatic heterocycles. The van der Waals surface area contributed by atoms with E-state index in [9.17, 15) is 4.39 Å². The Labute approximate surface area is 84.0 Å². The summed E-state index contributed by atoms with van der Waals surface area (Å²) in [5.74, 6) is -0.505. The van der Waals surface area contributed by atoms with Crippen molar-refractivity contribution in [2.24, 2.45) is 11.7 Å². The van der Waals surface area contributed by atoms with Gasteiger partial charge >= 0.3 is 0 Å². The second kappa shape index (κ2) is 5.21. The van der Waals surface area contributed by atoms with Gasteiger partial charge in [-0.05, 0) is 31.8 Å². The van der Waals surface area contributed by atoms with Crippen LogP contribution >= 0.6 is 12.4 Å². The summed E-state index contributed by atoms with van der Waals surface area (Å²) >= 11 is 0. The molecular formula is C9H14ClFN2. The van der Waals surface area contributed by atoms with E-state index in [1.807, 2.05) is 0 Å². The van der Waals surface area contributed by atoms with Gasteiger partial charge in [0.05, 0.1) is 18.0 Å². The average Bonchev–Trinajstić information content (AvgIpc) is 2.49. The van der Waals surface area contributed by atoms with Gasteiger partial charge < -0.3 is 5.73 Å². The third-order valence-electron chi connectivity index (χ3n) is 2.22. The van der Waals surface area contributed by atoms with E-state index in [4.69, 9.17) is 11.0 Å². The molecular weight excluding hydrogens is 191 g/mol. The Kier molecular flexibility index (Phi) is 4.97. The summed E-state index contributed by atoms with van der Waals surface area (Å²) in [5, 5.41) is 8.68. The minimum Gasteiger partial charge on any atom is -0.322 e. The van der Waals surface area contributed by atoms with Gasteiger partial charge in [0.15, 0.2) is 0 Å². The highest BCUT2D eigenvalue weighted by molar-refractivity contribution is 5.85. The monoisotopic (exact) mass is 204 g/mol. The molecule has 1 aliphatic carbocycles. The van der Waals surface area contributed by atoms with Gasteiger partial charge in [-0.1, -0.05) is 0 Å². The quantitative estimate of drug-likeness (QED) is 0.713. The van der Waals surface area contributed by atoms with E-state index in [0.29, 0.717) is 12.0 Å². The van der Waals surface area contributed by atoms with Crippen LogP contribution in [0.3, 0.4) is 0 Å². The highest BCUT2D eigenvalue weighted by Gasteiger charge is 2.25. The Bertz CT molecular complexity index is 242. The molecule has 0 bridgehead atoms. The van der Waals surface area contributed by atoms with Crippen LogP contribution in [-0.4, -0.2) is 6.04 Å². The zero-order valence-electron chi connectivity index (χ0n) is 7.59. The molecule has 0 radical (unpaired) electrons. The number of allylic oxidation sites excluding steroid dienone is 1. The van der Waals surface area contributed by atoms with Gasteiger partial charge in [0.1, 0.15) is 5.83 Å². The lowest BCUT2D eigenvalue weighted by atomic mass is 10.0. The maximum Gasteiger partial charge on any atom is 0.117 e. The Hall–Kier alpha value is -0.590. The van der Waals surface area contributed by atoms with Crippen molar-refractivity contribution < 1.29 is 4.39 Å². The van der Waals surface area contributed by atoms with Gasteiger partial charge in [0.2, 0.25) is 0 Å². The second-order valence-corrected chi connectivity index (χ2v) is 3.24. The van der Waals surface area contributed by atoms with Crippen molar-refractivity contribution in [3.05, 3.63) is 11.4 Å². The number of rotatable bonds is 1. The number of halogens is 2. The fourth-order valence-corrected chi connectivity index (χ4v) is 1.57. The molecule has 13 heavy (non-hydrogen) atoms. The molecule has 0 aromatic heterocycles. The highest BCUT2D eigenvalue weighted by atomic mass is 35.5. The summed E-state index contributed by atoms with van der Waals surface area (Å²) in [4.78, 5) is 0. The zero-order valence-corrected chi connectivity index (χ0v) is 8.40. The van der Waals surface area contributed by atoms with Crippen molar-refractivity contribution in [1.82, 2.24) is 0 Å². The third kappa shape index (κ3) is 2.68. The number of nitrogens with zero attached hydrogens (tertiary/aromatic N) is 1. The minimum atomic E-state index is -0.561. The normalized spacial score (nSPS) is 27.4. The molecule has 0 amide bonds. The molecule has 1 rings (SSSR count). The van der Waals surface area contributed by atoms with Crippen LogP contribution in [0.5, 0.6) is 0 Å². The fourth-order valence-electron chi connectivity index (χ4n) is 1.57. The molecule has 1 fully saturated rings. The van der Waals surface area contributed by atoms with E-state index in [-0.39, 0.29) is 24.2 Å². The summed E-state index contributed by atoms with van der Waals surface area (Å²) in [6.07, 6.45) is 2.39. The summed E-state index contributed by atoms with van der Waals surface area (Å²) < 4.78 is 13.3. The molecule has 4 heteroatoms. The molecule has 0 aromatic rings. The van der Waals surface area contributed by atoms with E-state index in [0.717, 1.165) is 12.8 Å². The number of hydrogen-bond acceptors (Lipinski definition) is 2. The SMILES string of the molecule is CC(N)/C(F)=C1\CCC[C@@H]1C#N.Cl. The van der Waals surface area contributed by atoms with Crippen molar-refractivity contribution in [3.63, 3.8) is 0 Å². The van der Waals surface area contributed by atoms with Crippen LogP contribution in [-0.2, 0) is 0 Å². The van der Waals surface area contributed by atoms with Crippen LogP contribution < -0.4 is 5.73 Å². The molecule has 0 aromatic carbocycles. The number of nitriles is 1. The maximum absolute atomic E-state index is 13.3. The lowest BCUT2D eigenvalue weighted by Gasteiger charge is -2.08. The first-order chi connectivity index (χ1) is 5.66. The van der Waals surface area contributed by atoms with Crippen molar-refractivity contribution in [3.8, 4) is 6.07 Å². The molecule has 1 aliphatic rings. The molecule has 1 saturated carbocycles. The number of hydrogen-bond donors (Lipinski definition) is 1. The minimum absolute atomic E-state index is 0. The first-order valence-electron chi connectivity index (χ1n) is 4.20. The van der Waals surface area contributed by atoms with E-state index in [1.165, 1.54) is 0 Å². The number of nitrogens with two attached hydrogens (primary N) is 1. The summed E-state index contributed by atoms with van der Waals surface area (Å²) in [7, 11) is 0. The van der Waals surface area contributed by atoms with Crippen LogP contribution in [0.25, 0.3) is 0 Å². The zero-order chi connectivity index (χ0) is 9.14. The average molecular weight is 205 g/mol. The van der Waals surface area contributed by atoms with E-state index in [2.05, 4.69) is 6.07 Å². The fraction of sp³-hybridized carbons (Fsp3) is 0.667. The smallest absolute Gasteiger partial charge is 0.117 e. The van der Waals surface area contributed by atoms with Crippen molar-refractivity contribution >= 4 is 12.4 Å². The van der Waals surface area contributed by atoms with Crippen LogP contribution in [0.1, 0.15) is 26.2 Å². The predicted molar refractivity (Wildman–Crippen MR) is 52.0 cm³/mol. The van der Waals surface area contributed by atoms with Gasteiger partial charge in [-0.15, -0.1) is 12.4 Å². The highest BCUT2D eigenvalue weighted by Crippen LogP contribution is 2.33. The lowest BCUT2D eigenvalue weighted by Crippen LogP contribution is -2.17. The molecule has 1 unspecified atom stereocenters. The first-order valence-corrected chi connectivity index (χ1v) is 4.20. The van der Waals surface area contributed by atoms with Gasteiger partial charge in [0.25, 0.3) is 0 Å². The Morgan fingerprint density at radius 1 is 1.77 bits per heavy atom. The molecule has 0 spiro atoms. The van der Waals surface area contributed by atoms with Crippen molar-refractivity contribution in [2.75, 3.05) is 0 Å². The molecule has 2 atom stereocenters. The Morgan fingerprint density at radius 2 is 2.38 bits per heavy atom. The first kappa shape index (κ1) is 12.4. The van der Waals surface area contributed by atoms with Crippen LogP contribution in [0.2, 0.25) is 0 Å². The van der Waals surface area contributed by atoms with Gasteiger partial charge in [-0.2, -0.15) is 5.26 Å². The van der Waals surface area contributed by atoms with Crippen molar-refractivity contribution in [1.29, 1.82) is 5.26 Å². The molecule has 0 saturated heterocycles. The van der Waals surface area contributed by atoms with E-state index in [1.54, 1.807) is 6.92 Å². The van der Waals surface area contributed by atoms with E-state index >= 15 is 0 Å². The Balaban J connectivity index is 0.00000144. The third-order valence-corrected chi connectivity index (χ3v) is 2.22. The summed E-state index contributed by atoms with van der Waals surface area (Å²) in [5.41, 5.74) is 6.02. The summed E-state index contributed by atoms with van der Waals surface area (Å²) in [6.45, 7) is 1.61. The second-order valence-electron chi connectivity index (χ2n) is 3.24. The summed E-state index contributed by atoms with van der Waals surface area (Å²) in [6, 6.07) is 1.54. The maximum atomic E-state index is 13.3. The van der Waals surface area contributed by atoms with Gasteiger partial charge in [0, 0.05) is 0 Å². The van der Waals surface area contributed by atoms with Gasteiger partial charge in [-0.3, -0.25) is 0 Å². The molecule has 2 N–H and O–H groups in total. The van der Waals surface area contributed by atoms with Gasteiger partial charge in [-0.25, -0.2) is 4.39 Å². The largest absolute Gasteiger partial charge is 0.322 e.